The fourth-order valence-corrected chi connectivity index (χ4v) is 3.02. The van der Waals surface area contributed by atoms with Crippen molar-refractivity contribution in [1.29, 1.82) is 0 Å². The highest BCUT2D eigenvalue weighted by molar-refractivity contribution is 7.80. The van der Waals surface area contributed by atoms with Gasteiger partial charge in [-0.05, 0) is 32.0 Å². The van der Waals surface area contributed by atoms with Crippen LogP contribution in [0.2, 0.25) is 0 Å². The van der Waals surface area contributed by atoms with E-state index in [9.17, 15) is 18.0 Å². The zero-order valence-corrected chi connectivity index (χ0v) is 15.8. The van der Waals surface area contributed by atoms with Gasteiger partial charge in [0.2, 0.25) is 11.9 Å². The molecule has 0 unspecified atom stereocenters. The van der Waals surface area contributed by atoms with Crippen molar-refractivity contribution >= 4 is 41.7 Å². The number of hydrogen-bond acceptors (Lipinski definition) is 6. The van der Waals surface area contributed by atoms with Crippen molar-refractivity contribution in [2.75, 3.05) is 28.7 Å². The normalized spacial score (nSPS) is 14.6. The number of fused-ring (bicyclic) bond motifs is 1. The van der Waals surface area contributed by atoms with E-state index in [-0.39, 0.29) is 35.0 Å². The Morgan fingerprint density at radius 2 is 1.96 bits per heavy atom. The minimum atomic E-state index is -4.48. The molecule has 27 heavy (non-hydrogen) atoms. The van der Waals surface area contributed by atoms with Crippen LogP contribution >= 0.6 is 12.6 Å². The highest BCUT2D eigenvalue weighted by Gasteiger charge is 2.32. The number of nitrogens with one attached hydrogen (secondary N) is 1. The maximum atomic E-state index is 13.0. The fraction of sp³-hybridized carbons (Fsp3) is 0.353. The molecule has 2 aromatic rings. The molecule has 2 heterocycles. The molecule has 0 aliphatic carbocycles. The van der Waals surface area contributed by atoms with Crippen molar-refractivity contribution in [3.63, 3.8) is 0 Å². The minimum absolute atomic E-state index is 0.0155. The van der Waals surface area contributed by atoms with Gasteiger partial charge in [0.1, 0.15) is 5.69 Å². The molecule has 0 spiro atoms. The number of hydrogen-bond donors (Lipinski definition) is 2. The lowest BCUT2D eigenvalue weighted by molar-refractivity contribution is -0.137. The number of anilines is 4. The van der Waals surface area contributed by atoms with Gasteiger partial charge in [-0.1, -0.05) is 0 Å². The summed E-state index contributed by atoms with van der Waals surface area (Å²) < 4.78 is 39.0. The van der Waals surface area contributed by atoms with Gasteiger partial charge < -0.3 is 15.1 Å². The number of halogens is 3. The number of likely N-dealkylation sites (N-methyl/N-ethyl adjacent to an activating group) is 1. The second-order valence-corrected chi connectivity index (χ2v) is 6.98. The maximum absolute atomic E-state index is 13.0. The first kappa shape index (κ1) is 19.3. The monoisotopic (exact) mass is 397 g/mol. The highest BCUT2D eigenvalue weighted by atomic mass is 32.1. The Hall–Kier alpha value is -2.49. The first-order chi connectivity index (χ1) is 12.6. The first-order valence-electron chi connectivity index (χ1n) is 8.15. The summed E-state index contributed by atoms with van der Waals surface area (Å²) >= 11 is 4.03. The number of alkyl halides is 3. The van der Waals surface area contributed by atoms with Gasteiger partial charge in [-0.25, -0.2) is 4.98 Å². The van der Waals surface area contributed by atoms with Gasteiger partial charge in [0.05, 0.1) is 18.3 Å². The summed E-state index contributed by atoms with van der Waals surface area (Å²) in [5.41, 5.74) is -0.0971. The molecule has 0 atom stereocenters. The van der Waals surface area contributed by atoms with Crippen molar-refractivity contribution in [2.45, 2.75) is 31.0 Å². The third-order valence-electron chi connectivity index (χ3n) is 4.19. The third-order valence-corrected chi connectivity index (χ3v) is 4.45. The number of amides is 1. The molecule has 0 bridgehead atoms. The van der Waals surface area contributed by atoms with Crippen LogP contribution in [0.1, 0.15) is 19.4 Å². The molecule has 0 fully saturated rings. The first-order valence-corrected chi connectivity index (χ1v) is 8.59. The summed E-state index contributed by atoms with van der Waals surface area (Å²) in [6, 6.07) is 3.39. The molecule has 144 valence electrons. The lowest BCUT2D eigenvalue weighted by atomic mass is 10.2. The average Bonchev–Trinajstić information content (AvgIpc) is 2.56. The van der Waals surface area contributed by atoms with E-state index in [0.29, 0.717) is 11.5 Å². The van der Waals surface area contributed by atoms with E-state index in [4.69, 9.17) is 0 Å². The van der Waals surface area contributed by atoms with Crippen LogP contribution in [0.3, 0.4) is 0 Å². The Balaban J connectivity index is 1.97. The van der Waals surface area contributed by atoms with E-state index in [1.165, 1.54) is 17.2 Å². The molecule has 0 saturated heterocycles. The number of carbonyl (C=O) groups is 1. The zero-order chi connectivity index (χ0) is 19.9. The van der Waals surface area contributed by atoms with Gasteiger partial charge in [-0.15, -0.1) is 12.6 Å². The van der Waals surface area contributed by atoms with Crippen LogP contribution in [0.25, 0.3) is 0 Å². The minimum Gasteiger partial charge on any atom is -0.343 e. The molecule has 1 aromatic carbocycles. The molecule has 3 rings (SSSR count). The summed E-state index contributed by atoms with van der Waals surface area (Å²) in [4.78, 5) is 24.1. The molecule has 0 radical (unpaired) electrons. The molecule has 6 nitrogen and oxygen atoms in total. The number of nitrogens with zero attached hydrogens (tertiary/aromatic N) is 4. The second kappa shape index (κ2) is 6.91. The molecule has 0 saturated carbocycles. The summed E-state index contributed by atoms with van der Waals surface area (Å²) in [7, 11) is 1.63. The SMILES string of the molecule is CC(C)N1CC(=O)N(C)c2cnc(Nc3cc(S)cc(C(F)(F)F)c3)nc21. The zero-order valence-electron chi connectivity index (χ0n) is 14.9. The lowest BCUT2D eigenvalue weighted by Gasteiger charge is -2.36. The molecule has 1 aromatic heterocycles. The van der Waals surface area contributed by atoms with Gasteiger partial charge in [0.25, 0.3) is 0 Å². The number of rotatable bonds is 3. The topological polar surface area (TPSA) is 61.4 Å². The van der Waals surface area contributed by atoms with E-state index in [2.05, 4.69) is 27.9 Å². The number of benzene rings is 1. The highest BCUT2D eigenvalue weighted by Crippen LogP contribution is 2.35. The average molecular weight is 397 g/mol. The number of aromatic nitrogens is 2. The van der Waals surface area contributed by atoms with E-state index < -0.39 is 11.7 Å². The van der Waals surface area contributed by atoms with Crippen LogP contribution in [0, 0.1) is 0 Å². The molecule has 1 aliphatic heterocycles. The summed E-state index contributed by atoms with van der Waals surface area (Å²) in [5.74, 6) is 0.593. The van der Waals surface area contributed by atoms with Crippen molar-refractivity contribution in [3.05, 3.63) is 30.0 Å². The van der Waals surface area contributed by atoms with Gasteiger partial charge >= 0.3 is 6.18 Å². The molecule has 10 heteroatoms. The molecular formula is C17H18F3N5OS. The Bertz CT molecular complexity index is 887. The van der Waals surface area contributed by atoms with E-state index in [0.717, 1.165) is 12.1 Å². The number of thiol groups is 1. The molecule has 1 aliphatic rings. The standard InChI is InChI=1S/C17H18F3N5OS/c1-9(2)25-8-14(26)24(3)13-7-21-16(23-15(13)25)22-11-4-10(17(18,19)20)5-12(27)6-11/h4-7,9,27H,8H2,1-3H3,(H,21,22,23). The van der Waals surface area contributed by atoms with Crippen molar-refractivity contribution in [3.8, 4) is 0 Å². The summed E-state index contributed by atoms with van der Waals surface area (Å²) in [6.45, 7) is 4.02. The second-order valence-electron chi connectivity index (χ2n) is 6.47. The van der Waals surface area contributed by atoms with Crippen LogP contribution in [0.15, 0.2) is 29.3 Å². The molecule has 1 amide bonds. The molecular weight excluding hydrogens is 379 g/mol. The van der Waals surface area contributed by atoms with Crippen LogP contribution in [0.5, 0.6) is 0 Å². The van der Waals surface area contributed by atoms with E-state index >= 15 is 0 Å². The smallest absolute Gasteiger partial charge is 0.343 e. The Kier molecular flexibility index (Phi) is 4.94. The van der Waals surface area contributed by atoms with Gasteiger partial charge in [0, 0.05) is 23.7 Å². The lowest BCUT2D eigenvalue weighted by Crippen LogP contribution is -2.47. The quantitative estimate of drug-likeness (QED) is 0.773. The van der Waals surface area contributed by atoms with Crippen LogP contribution in [-0.2, 0) is 11.0 Å². The van der Waals surface area contributed by atoms with Crippen molar-refractivity contribution in [2.24, 2.45) is 0 Å². The van der Waals surface area contributed by atoms with E-state index in [1.54, 1.807) is 7.05 Å². The van der Waals surface area contributed by atoms with Crippen molar-refractivity contribution in [1.82, 2.24) is 9.97 Å². The maximum Gasteiger partial charge on any atom is 0.416 e. The predicted octanol–water partition coefficient (Wildman–Crippen LogP) is 3.72. The summed E-state index contributed by atoms with van der Waals surface area (Å²) in [5, 5.41) is 2.79. The Labute approximate surface area is 159 Å². The third kappa shape index (κ3) is 3.95. The van der Waals surface area contributed by atoms with Gasteiger partial charge in [0.15, 0.2) is 5.82 Å². The van der Waals surface area contributed by atoms with Crippen LogP contribution in [-0.4, -0.2) is 35.5 Å². The van der Waals surface area contributed by atoms with E-state index in [1.807, 2.05) is 18.7 Å². The number of carbonyl (C=O) groups excluding carboxylic acids is 1. The Morgan fingerprint density at radius 3 is 2.59 bits per heavy atom. The molecule has 1 N–H and O–H groups in total. The van der Waals surface area contributed by atoms with Crippen LogP contribution in [0.4, 0.5) is 36.3 Å². The van der Waals surface area contributed by atoms with Gasteiger partial charge in [-0.2, -0.15) is 18.2 Å². The summed E-state index contributed by atoms with van der Waals surface area (Å²) in [6.07, 6.45) is -3.00. The van der Waals surface area contributed by atoms with Gasteiger partial charge in [-0.3, -0.25) is 4.79 Å². The predicted molar refractivity (Wildman–Crippen MR) is 99.9 cm³/mol. The Morgan fingerprint density at radius 1 is 1.26 bits per heavy atom. The fourth-order valence-electron chi connectivity index (χ4n) is 2.74. The van der Waals surface area contributed by atoms with Crippen LogP contribution < -0.4 is 15.1 Å². The largest absolute Gasteiger partial charge is 0.416 e. The van der Waals surface area contributed by atoms with Crippen molar-refractivity contribution < 1.29 is 18.0 Å².